The van der Waals surface area contributed by atoms with Crippen molar-refractivity contribution in [2.75, 3.05) is 14.2 Å². The number of hydrogen-bond acceptors (Lipinski definition) is 4. The van der Waals surface area contributed by atoms with Crippen LogP contribution in [0, 0.1) is 11.8 Å². The number of ether oxygens (including phenoxy) is 2. The molecular formula is C14H11NO4. The van der Waals surface area contributed by atoms with Crippen LogP contribution in [0.5, 0.6) is 0 Å². The highest BCUT2D eigenvalue weighted by Crippen LogP contribution is 2.20. The summed E-state index contributed by atoms with van der Waals surface area (Å²) in [7, 11) is 2.56. The van der Waals surface area contributed by atoms with Gasteiger partial charge < -0.3 is 9.47 Å². The number of carbonyl (C=O) groups excluding carboxylic acids is 2. The minimum Gasteiger partial charge on any atom is -0.459 e. The normalized spacial score (nSPS) is 9.58. The number of nitrogens with zero attached hydrogens (tertiary/aromatic N) is 1. The van der Waals surface area contributed by atoms with E-state index in [0.717, 1.165) is 5.39 Å². The van der Waals surface area contributed by atoms with Crippen molar-refractivity contribution >= 4 is 23.0 Å². The highest BCUT2D eigenvalue weighted by Gasteiger charge is 2.12. The second-order valence-corrected chi connectivity index (χ2v) is 3.64. The summed E-state index contributed by atoms with van der Waals surface area (Å²) in [6, 6.07) is 7.22. The lowest BCUT2D eigenvalue weighted by Crippen LogP contribution is -2.09. The first-order chi connectivity index (χ1) is 9.17. The van der Waals surface area contributed by atoms with E-state index in [4.69, 9.17) is 0 Å². The summed E-state index contributed by atoms with van der Waals surface area (Å²) in [5.74, 6) is 4.39. The van der Waals surface area contributed by atoms with Gasteiger partial charge >= 0.3 is 12.1 Å². The van der Waals surface area contributed by atoms with Crippen molar-refractivity contribution in [3.63, 3.8) is 0 Å². The molecule has 96 valence electrons. The van der Waals surface area contributed by atoms with Crippen LogP contribution in [0.3, 0.4) is 0 Å². The van der Waals surface area contributed by atoms with E-state index in [1.807, 2.05) is 12.1 Å². The van der Waals surface area contributed by atoms with E-state index in [1.165, 1.54) is 25.0 Å². The number of para-hydroxylation sites is 1. The molecule has 5 heteroatoms. The van der Waals surface area contributed by atoms with E-state index in [0.29, 0.717) is 11.1 Å². The van der Waals surface area contributed by atoms with Gasteiger partial charge in [0, 0.05) is 17.5 Å². The second kappa shape index (κ2) is 5.27. The molecule has 5 nitrogen and oxygen atoms in total. The molecule has 0 spiro atoms. The number of aromatic nitrogens is 1. The third-order valence-electron chi connectivity index (χ3n) is 2.57. The molecule has 0 aliphatic heterocycles. The number of fused-ring (bicyclic) bond motifs is 1. The molecule has 0 unspecified atom stereocenters. The lowest BCUT2D eigenvalue weighted by Gasteiger charge is -2.00. The fourth-order valence-corrected chi connectivity index (χ4v) is 1.70. The third-order valence-corrected chi connectivity index (χ3v) is 2.57. The molecule has 1 aromatic carbocycles. The quantitative estimate of drug-likeness (QED) is 0.533. The summed E-state index contributed by atoms with van der Waals surface area (Å²) in [6.07, 6.45) is 1.02. The van der Waals surface area contributed by atoms with Crippen LogP contribution in [0.4, 0.5) is 4.79 Å². The standard InChI is InChI=1S/C14H11NO4/c1-18-13(16)8-7-10-9-15(14(17)19-2)12-6-4-3-5-11(10)12/h3-6,9H,1-2H3. The zero-order valence-corrected chi connectivity index (χ0v) is 10.5. The van der Waals surface area contributed by atoms with Gasteiger partial charge in [-0.15, -0.1) is 0 Å². The molecule has 0 N–H and O–H groups in total. The number of rotatable bonds is 0. The van der Waals surface area contributed by atoms with Gasteiger partial charge in [-0.25, -0.2) is 9.59 Å². The van der Waals surface area contributed by atoms with Crippen LogP contribution >= 0.6 is 0 Å². The van der Waals surface area contributed by atoms with E-state index in [-0.39, 0.29) is 0 Å². The third kappa shape index (κ3) is 2.43. The van der Waals surface area contributed by atoms with Gasteiger partial charge in [0.15, 0.2) is 0 Å². The molecule has 0 aliphatic rings. The van der Waals surface area contributed by atoms with Crippen LogP contribution in [0.2, 0.25) is 0 Å². The van der Waals surface area contributed by atoms with Crippen LogP contribution in [-0.2, 0) is 14.3 Å². The molecule has 0 atom stereocenters. The monoisotopic (exact) mass is 257 g/mol. The zero-order valence-electron chi connectivity index (χ0n) is 10.5. The average molecular weight is 257 g/mol. The first kappa shape index (κ1) is 12.7. The highest BCUT2D eigenvalue weighted by atomic mass is 16.5. The predicted molar refractivity (Wildman–Crippen MR) is 68.6 cm³/mol. The Hall–Kier alpha value is -2.74. The van der Waals surface area contributed by atoms with Gasteiger partial charge in [-0.1, -0.05) is 24.1 Å². The van der Waals surface area contributed by atoms with Crippen molar-refractivity contribution in [3.05, 3.63) is 36.0 Å². The molecule has 0 aliphatic carbocycles. The Kier molecular flexibility index (Phi) is 3.53. The van der Waals surface area contributed by atoms with Crippen molar-refractivity contribution in [2.45, 2.75) is 0 Å². The van der Waals surface area contributed by atoms with Gasteiger partial charge in [-0.3, -0.25) is 4.57 Å². The minimum atomic E-state index is -0.630. The summed E-state index contributed by atoms with van der Waals surface area (Å²) in [6.45, 7) is 0. The van der Waals surface area contributed by atoms with Gasteiger partial charge in [0.2, 0.25) is 0 Å². The first-order valence-electron chi connectivity index (χ1n) is 5.45. The molecule has 0 fully saturated rings. The summed E-state index contributed by atoms with van der Waals surface area (Å²) in [4.78, 5) is 22.7. The molecule has 2 rings (SSSR count). The predicted octanol–water partition coefficient (Wildman–Crippen LogP) is 1.78. The van der Waals surface area contributed by atoms with Gasteiger partial charge in [-0.2, -0.15) is 0 Å². The zero-order chi connectivity index (χ0) is 13.8. The number of methoxy groups -OCH3 is 2. The Morgan fingerprint density at radius 2 is 1.89 bits per heavy atom. The van der Waals surface area contributed by atoms with E-state index in [9.17, 15) is 9.59 Å². The maximum atomic E-state index is 11.6. The van der Waals surface area contributed by atoms with Crippen molar-refractivity contribution < 1.29 is 19.1 Å². The molecule has 0 saturated carbocycles. The molecule has 0 saturated heterocycles. The highest BCUT2D eigenvalue weighted by molar-refractivity contribution is 5.95. The summed E-state index contributed by atoms with van der Waals surface area (Å²) < 4.78 is 10.5. The molecule has 0 amide bonds. The van der Waals surface area contributed by atoms with E-state index in [1.54, 1.807) is 12.1 Å². The van der Waals surface area contributed by atoms with Crippen LogP contribution < -0.4 is 0 Å². The number of hydrogen-bond donors (Lipinski definition) is 0. The minimum absolute atomic E-state index is 0.512. The Morgan fingerprint density at radius 3 is 2.58 bits per heavy atom. The second-order valence-electron chi connectivity index (χ2n) is 3.64. The molecular weight excluding hydrogens is 246 g/mol. The Bertz CT molecular complexity index is 703. The fourth-order valence-electron chi connectivity index (χ4n) is 1.70. The van der Waals surface area contributed by atoms with Crippen LogP contribution in [0.15, 0.2) is 30.5 Å². The van der Waals surface area contributed by atoms with Gasteiger partial charge in [0.05, 0.1) is 25.3 Å². The molecule has 2 aromatic rings. The van der Waals surface area contributed by atoms with Gasteiger partial charge in [0.1, 0.15) is 0 Å². The maximum Gasteiger partial charge on any atom is 0.418 e. The topological polar surface area (TPSA) is 57.5 Å². The lowest BCUT2D eigenvalue weighted by atomic mass is 10.2. The summed E-state index contributed by atoms with van der Waals surface area (Å²) >= 11 is 0. The molecule has 1 heterocycles. The maximum absolute atomic E-state index is 11.6. The first-order valence-corrected chi connectivity index (χ1v) is 5.45. The molecule has 0 radical (unpaired) electrons. The van der Waals surface area contributed by atoms with E-state index >= 15 is 0 Å². The van der Waals surface area contributed by atoms with Crippen molar-refractivity contribution in [3.8, 4) is 11.8 Å². The molecule has 0 bridgehead atoms. The summed E-state index contributed by atoms with van der Waals surface area (Å²) in [5.41, 5.74) is 1.23. The lowest BCUT2D eigenvalue weighted by molar-refractivity contribution is -0.133. The smallest absolute Gasteiger partial charge is 0.418 e. The molecule has 1 aromatic heterocycles. The summed E-state index contributed by atoms with van der Waals surface area (Å²) in [5, 5.41) is 0.768. The Labute approximate surface area is 109 Å². The van der Waals surface area contributed by atoms with Crippen molar-refractivity contribution in [2.24, 2.45) is 0 Å². The van der Waals surface area contributed by atoms with Crippen LogP contribution in [-0.4, -0.2) is 30.8 Å². The number of carbonyl (C=O) groups is 2. The van der Waals surface area contributed by atoms with Crippen molar-refractivity contribution in [1.82, 2.24) is 4.57 Å². The average Bonchev–Trinajstić information content (AvgIpc) is 2.83. The number of esters is 1. The Morgan fingerprint density at radius 1 is 1.16 bits per heavy atom. The largest absolute Gasteiger partial charge is 0.459 e. The Balaban J connectivity index is 2.58. The van der Waals surface area contributed by atoms with Gasteiger partial charge in [0.25, 0.3) is 0 Å². The SMILES string of the molecule is COC(=O)C#Cc1cn(C(=O)OC)c2ccccc12. The van der Waals surface area contributed by atoms with Gasteiger partial charge in [-0.05, 0) is 6.07 Å². The molecule has 19 heavy (non-hydrogen) atoms. The van der Waals surface area contributed by atoms with E-state index < -0.39 is 12.1 Å². The number of benzene rings is 1. The van der Waals surface area contributed by atoms with Crippen molar-refractivity contribution in [1.29, 1.82) is 0 Å². The van der Waals surface area contributed by atoms with Crippen LogP contribution in [0.1, 0.15) is 5.56 Å². The van der Waals surface area contributed by atoms with Crippen LogP contribution in [0.25, 0.3) is 10.9 Å². The van der Waals surface area contributed by atoms with E-state index in [2.05, 4.69) is 21.3 Å². The fraction of sp³-hybridized carbons (Fsp3) is 0.143.